The predicted octanol–water partition coefficient (Wildman–Crippen LogP) is -2.00. The Morgan fingerprint density at radius 1 is 1.29 bits per heavy atom. The Morgan fingerprint density at radius 2 is 1.71 bits per heavy atom. The van der Waals surface area contributed by atoms with E-state index in [-0.39, 0.29) is 31.0 Å². The van der Waals surface area contributed by atoms with Crippen molar-refractivity contribution in [2.75, 3.05) is 0 Å². The number of hydrogen-bond acceptors (Lipinski definition) is 1. The fourth-order valence-corrected chi connectivity index (χ4v) is 0.957. The van der Waals surface area contributed by atoms with Crippen molar-refractivity contribution in [2.45, 2.75) is 31.7 Å². The van der Waals surface area contributed by atoms with E-state index >= 15 is 0 Å². The van der Waals surface area contributed by atoms with E-state index in [2.05, 4.69) is 0 Å². The first-order valence-electron chi connectivity index (χ1n) is 2.65. The Bertz CT molecular complexity index is 45.7. The fourth-order valence-electron chi connectivity index (χ4n) is 0.957. The van der Waals surface area contributed by atoms with E-state index in [0.717, 1.165) is 0 Å². The maximum atomic E-state index is 5.53. The van der Waals surface area contributed by atoms with Gasteiger partial charge >= 0.3 is 29.6 Å². The molecule has 1 aliphatic rings. The van der Waals surface area contributed by atoms with E-state index in [9.17, 15) is 0 Å². The van der Waals surface area contributed by atoms with Crippen LogP contribution in [-0.2, 0) is 0 Å². The quantitative estimate of drug-likeness (QED) is 0.358. The molecule has 1 fully saturated rings. The molecule has 0 spiro atoms. The number of nitrogens with two attached hydrogens (primary N) is 1. The first kappa shape index (κ1) is 7.96. The molecule has 1 aliphatic carbocycles. The molecule has 0 aromatic rings. The van der Waals surface area contributed by atoms with Gasteiger partial charge in [-0.15, -0.1) is 0 Å². The summed E-state index contributed by atoms with van der Waals surface area (Å²) in [6, 6.07) is 0.546. The molecule has 1 nitrogen and oxygen atoms in total. The van der Waals surface area contributed by atoms with Crippen LogP contribution in [0.2, 0.25) is 0 Å². The van der Waals surface area contributed by atoms with Gasteiger partial charge in [0.2, 0.25) is 0 Å². The van der Waals surface area contributed by atoms with Gasteiger partial charge in [0, 0.05) is 6.04 Å². The molecule has 0 atom stereocenters. The molecule has 0 radical (unpaired) electrons. The van der Waals surface area contributed by atoms with Crippen molar-refractivity contribution in [3.05, 3.63) is 0 Å². The molecule has 2 heteroatoms. The Balaban J connectivity index is 0. The zero-order valence-electron chi connectivity index (χ0n) is 5.98. The van der Waals surface area contributed by atoms with Crippen molar-refractivity contribution < 1.29 is 31.0 Å². The minimum atomic E-state index is 0. The molecule has 0 heterocycles. The van der Waals surface area contributed by atoms with Gasteiger partial charge in [0.1, 0.15) is 0 Å². The molecular weight excluding hydrogens is 97.1 g/mol. The third-order valence-electron chi connectivity index (χ3n) is 1.40. The molecule has 0 bridgehead atoms. The largest absolute Gasteiger partial charge is 1.00 e. The summed E-state index contributed by atoms with van der Waals surface area (Å²) < 4.78 is 0. The summed E-state index contributed by atoms with van der Waals surface area (Å²) in [6.07, 6.45) is 5.25. The molecule has 1 saturated carbocycles. The van der Waals surface area contributed by atoms with Crippen LogP contribution in [0, 0.1) is 0 Å². The van der Waals surface area contributed by atoms with Crippen LogP contribution >= 0.6 is 0 Å². The van der Waals surface area contributed by atoms with E-state index in [1.54, 1.807) is 0 Å². The van der Waals surface area contributed by atoms with E-state index in [0.29, 0.717) is 6.04 Å². The minimum absolute atomic E-state index is 0. The molecule has 7 heavy (non-hydrogen) atoms. The third-order valence-corrected chi connectivity index (χ3v) is 1.40. The van der Waals surface area contributed by atoms with Crippen LogP contribution in [0.5, 0.6) is 0 Å². The summed E-state index contributed by atoms with van der Waals surface area (Å²) in [5.74, 6) is 0. The normalized spacial score (nSPS) is 21.9. The first-order chi connectivity index (χ1) is 2.89. The van der Waals surface area contributed by atoms with Crippen molar-refractivity contribution in [1.82, 2.24) is 0 Å². The van der Waals surface area contributed by atoms with E-state index in [4.69, 9.17) is 5.73 Å². The van der Waals surface area contributed by atoms with Gasteiger partial charge in [0.05, 0.1) is 0 Å². The summed E-state index contributed by atoms with van der Waals surface area (Å²) in [6.45, 7) is 0. The van der Waals surface area contributed by atoms with Gasteiger partial charge in [-0.3, -0.25) is 0 Å². The average Bonchev–Trinajstić information content (AvgIpc) is 1.86. The van der Waals surface area contributed by atoms with Crippen LogP contribution in [0.15, 0.2) is 0 Å². The summed E-state index contributed by atoms with van der Waals surface area (Å²) in [4.78, 5) is 0. The van der Waals surface area contributed by atoms with Gasteiger partial charge in [-0.2, -0.15) is 0 Å². The fraction of sp³-hybridized carbons (Fsp3) is 1.00. The van der Waals surface area contributed by atoms with E-state index < -0.39 is 0 Å². The van der Waals surface area contributed by atoms with Gasteiger partial charge < -0.3 is 7.16 Å². The Hall–Kier alpha value is 0.960. The molecule has 0 unspecified atom stereocenters. The summed E-state index contributed by atoms with van der Waals surface area (Å²) >= 11 is 0. The molecule has 0 aromatic carbocycles. The zero-order chi connectivity index (χ0) is 4.41. The predicted molar refractivity (Wildman–Crippen MR) is 27.6 cm³/mol. The molecule has 0 amide bonds. The smallest absolute Gasteiger partial charge is 1.00 e. The molecular formula is C5H12NNa. The van der Waals surface area contributed by atoms with Crippen LogP contribution in [0.3, 0.4) is 0 Å². The van der Waals surface area contributed by atoms with E-state index in [1.165, 1.54) is 25.7 Å². The zero-order valence-corrected chi connectivity index (χ0v) is 6.98. The van der Waals surface area contributed by atoms with Gasteiger partial charge in [-0.05, 0) is 12.8 Å². The van der Waals surface area contributed by atoms with Crippen molar-refractivity contribution in [3.8, 4) is 0 Å². The van der Waals surface area contributed by atoms with Gasteiger partial charge in [0.25, 0.3) is 0 Å². The SMILES string of the molecule is NC1CCCC1.[H-].[Na+]. The van der Waals surface area contributed by atoms with Crippen molar-refractivity contribution in [1.29, 1.82) is 0 Å². The van der Waals surface area contributed by atoms with Gasteiger partial charge in [0.15, 0.2) is 0 Å². The molecule has 2 N–H and O–H groups in total. The monoisotopic (exact) mass is 109 g/mol. The molecule has 0 saturated heterocycles. The van der Waals surface area contributed by atoms with Crippen LogP contribution in [0.4, 0.5) is 0 Å². The van der Waals surface area contributed by atoms with Crippen LogP contribution in [0.25, 0.3) is 0 Å². The van der Waals surface area contributed by atoms with Gasteiger partial charge in [-0.25, -0.2) is 0 Å². The van der Waals surface area contributed by atoms with E-state index in [1.807, 2.05) is 0 Å². The van der Waals surface area contributed by atoms with Gasteiger partial charge in [-0.1, -0.05) is 12.8 Å². The molecule has 38 valence electrons. The van der Waals surface area contributed by atoms with Crippen molar-refractivity contribution in [3.63, 3.8) is 0 Å². The average molecular weight is 109 g/mol. The molecule has 1 rings (SSSR count). The standard InChI is InChI=1S/C5H11N.Na.H/c6-5-3-1-2-4-5;;/h5H,1-4,6H2;;/q;+1;-1. The topological polar surface area (TPSA) is 26.0 Å². The number of rotatable bonds is 0. The van der Waals surface area contributed by atoms with Crippen LogP contribution in [-0.4, -0.2) is 6.04 Å². The Morgan fingerprint density at radius 3 is 1.86 bits per heavy atom. The first-order valence-corrected chi connectivity index (χ1v) is 2.65. The molecule has 0 aliphatic heterocycles. The minimum Gasteiger partial charge on any atom is -1.00 e. The molecule has 0 aromatic heterocycles. The number of hydrogen-bond donors (Lipinski definition) is 1. The summed E-state index contributed by atoms with van der Waals surface area (Å²) in [5.41, 5.74) is 5.53. The van der Waals surface area contributed by atoms with Crippen LogP contribution < -0.4 is 35.3 Å². The Kier molecular flexibility index (Phi) is 4.44. The maximum Gasteiger partial charge on any atom is 1.00 e. The second kappa shape index (κ2) is 3.90. The van der Waals surface area contributed by atoms with Crippen molar-refractivity contribution in [2.24, 2.45) is 5.73 Å². The second-order valence-electron chi connectivity index (χ2n) is 2.04. The maximum absolute atomic E-state index is 5.53. The summed E-state index contributed by atoms with van der Waals surface area (Å²) in [7, 11) is 0. The third kappa shape index (κ3) is 2.70. The Labute approximate surface area is 68.4 Å². The second-order valence-corrected chi connectivity index (χ2v) is 2.04. The van der Waals surface area contributed by atoms with Crippen LogP contribution in [0.1, 0.15) is 27.1 Å². The summed E-state index contributed by atoms with van der Waals surface area (Å²) in [5, 5.41) is 0. The van der Waals surface area contributed by atoms with Crippen molar-refractivity contribution >= 4 is 0 Å².